The van der Waals surface area contributed by atoms with Gasteiger partial charge >= 0.3 is 5.97 Å². The first kappa shape index (κ1) is 9.42. The first-order chi connectivity index (χ1) is 7.72. The monoisotopic (exact) mass is 217 g/mol. The van der Waals surface area contributed by atoms with Gasteiger partial charge in [0.2, 0.25) is 0 Å². The lowest BCUT2D eigenvalue weighted by Crippen LogP contribution is -2.53. The molecule has 1 aliphatic heterocycles. The molecule has 0 unspecified atom stereocenters. The van der Waals surface area contributed by atoms with Crippen LogP contribution in [0.2, 0.25) is 0 Å². The fourth-order valence-electron chi connectivity index (χ4n) is 2.03. The molecule has 1 saturated heterocycles. The van der Waals surface area contributed by atoms with E-state index in [0.717, 1.165) is 16.6 Å². The van der Waals surface area contributed by atoms with E-state index in [2.05, 4.69) is 4.98 Å². The number of hydrogen-bond donors (Lipinski definition) is 2. The molecule has 0 spiro atoms. The summed E-state index contributed by atoms with van der Waals surface area (Å²) in [6.07, 6.45) is 0. The van der Waals surface area contributed by atoms with Crippen molar-refractivity contribution >= 4 is 16.9 Å². The SMILES string of the molecule is O=C(O)C1(c2cc3ccccc3[nH]2)COC1. The molecule has 4 nitrogen and oxygen atoms in total. The molecule has 2 aromatic rings. The molecule has 3 rings (SSSR count). The fourth-order valence-corrected chi connectivity index (χ4v) is 2.03. The van der Waals surface area contributed by atoms with E-state index in [-0.39, 0.29) is 13.2 Å². The largest absolute Gasteiger partial charge is 0.480 e. The predicted octanol–water partition coefficient (Wildman–Crippen LogP) is 1.52. The zero-order chi connectivity index (χ0) is 11.2. The van der Waals surface area contributed by atoms with Gasteiger partial charge in [0.15, 0.2) is 5.41 Å². The number of ether oxygens (including phenoxy) is 1. The lowest BCUT2D eigenvalue weighted by Gasteiger charge is -2.36. The quantitative estimate of drug-likeness (QED) is 0.801. The highest BCUT2D eigenvalue weighted by atomic mass is 16.5. The van der Waals surface area contributed by atoms with Crippen LogP contribution < -0.4 is 0 Å². The van der Waals surface area contributed by atoms with Crippen LogP contribution >= 0.6 is 0 Å². The average Bonchev–Trinajstić information content (AvgIpc) is 2.58. The maximum Gasteiger partial charge on any atom is 0.320 e. The van der Waals surface area contributed by atoms with Gasteiger partial charge in [0.25, 0.3) is 0 Å². The Bertz CT molecular complexity index is 521. The average molecular weight is 217 g/mol. The lowest BCUT2D eigenvalue weighted by atomic mass is 9.82. The number of rotatable bonds is 2. The summed E-state index contributed by atoms with van der Waals surface area (Å²) in [4.78, 5) is 14.4. The Morgan fingerprint density at radius 1 is 1.38 bits per heavy atom. The molecular weight excluding hydrogens is 206 g/mol. The number of fused-ring (bicyclic) bond motifs is 1. The minimum Gasteiger partial charge on any atom is -0.480 e. The number of nitrogens with one attached hydrogen (secondary N) is 1. The molecule has 0 radical (unpaired) electrons. The first-order valence-electron chi connectivity index (χ1n) is 5.12. The van der Waals surface area contributed by atoms with Crippen molar-refractivity contribution in [3.63, 3.8) is 0 Å². The second-order valence-electron chi connectivity index (χ2n) is 4.15. The molecule has 0 saturated carbocycles. The summed E-state index contributed by atoms with van der Waals surface area (Å²) < 4.78 is 5.05. The van der Waals surface area contributed by atoms with Crippen molar-refractivity contribution < 1.29 is 14.6 Å². The van der Waals surface area contributed by atoms with Crippen LogP contribution in [0, 0.1) is 0 Å². The topological polar surface area (TPSA) is 62.3 Å². The first-order valence-corrected chi connectivity index (χ1v) is 5.12. The van der Waals surface area contributed by atoms with Crippen molar-refractivity contribution in [3.05, 3.63) is 36.0 Å². The van der Waals surface area contributed by atoms with E-state index < -0.39 is 11.4 Å². The molecule has 4 heteroatoms. The number of aromatic amines is 1. The molecule has 82 valence electrons. The Kier molecular flexibility index (Phi) is 1.82. The van der Waals surface area contributed by atoms with Crippen LogP contribution in [0.4, 0.5) is 0 Å². The summed E-state index contributed by atoms with van der Waals surface area (Å²) in [5.74, 6) is -0.828. The Morgan fingerprint density at radius 3 is 2.69 bits per heavy atom. The molecule has 1 fully saturated rings. The number of carboxylic acids is 1. The number of hydrogen-bond acceptors (Lipinski definition) is 2. The van der Waals surface area contributed by atoms with Crippen LogP contribution in [-0.4, -0.2) is 29.3 Å². The van der Waals surface area contributed by atoms with Crippen LogP contribution in [0.3, 0.4) is 0 Å². The maximum absolute atomic E-state index is 11.3. The van der Waals surface area contributed by atoms with E-state index in [0.29, 0.717) is 0 Å². The number of carboxylic acid groups (broad SMARTS) is 1. The highest BCUT2D eigenvalue weighted by Gasteiger charge is 2.49. The number of aliphatic carboxylic acids is 1. The molecule has 0 aliphatic carbocycles. The summed E-state index contributed by atoms with van der Waals surface area (Å²) in [6, 6.07) is 9.66. The Balaban J connectivity index is 2.15. The van der Waals surface area contributed by atoms with Gasteiger partial charge in [-0.05, 0) is 17.5 Å². The fraction of sp³-hybridized carbons (Fsp3) is 0.250. The highest BCUT2D eigenvalue weighted by molar-refractivity contribution is 5.87. The highest BCUT2D eigenvalue weighted by Crippen LogP contribution is 2.33. The second kappa shape index (κ2) is 3.09. The van der Waals surface area contributed by atoms with Crippen molar-refractivity contribution in [1.29, 1.82) is 0 Å². The molecule has 0 amide bonds. The van der Waals surface area contributed by atoms with Crippen molar-refractivity contribution in [2.45, 2.75) is 5.41 Å². The summed E-state index contributed by atoms with van der Waals surface area (Å²) in [5, 5.41) is 10.3. The van der Waals surface area contributed by atoms with Crippen molar-refractivity contribution in [3.8, 4) is 0 Å². The summed E-state index contributed by atoms with van der Waals surface area (Å²) in [6.45, 7) is 0.490. The molecular formula is C12H11NO3. The maximum atomic E-state index is 11.3. The van der Waals surface area contributed by atoms with Crippen LogP contribution in [0.15, 0.2) is 30.3 Å². The van der Waals surface area contributed by atoms with Gasteiger partial charge in [-0.1, -0.05) is 18.2 Å². The summed E-state index contributed by atoms with van der Waals surface area (Å²) >= 11 is 0. The van der Waals surface area contributed by atoms with Gasteiger partial charge in [-0.25, -0.2) is 0 Å². The second-order valence-corrected chi connectivity index (χ2v) is 4.15. The van der Waals surface area contributed by atoms with E-state index in [4.69, 9.17) is 4.74 Å². The Labute approximate surface area is 91.8 Å². The molecule has 16 heavy (non-hydrogen) atoms. The standard InChI is InChI=1S/C12H11NO3/c14-11(15)12(6-16-7-12)10-5-8-3-1-2-4-9(8)13-10/h1-5,13H,6-7H2,(H,14,15). The van der Waals surface area contributed by atoms with Gasteiger partial charge in [-0.2, -0.15) is 0 Å². The minimum atomic E-state index is -0.876. The van der Waals surface area contributed by atoms with E-state index in [1.165, 1.54) is 0 Å². The summed E-state index contributed by atoms with van der Waals surface area (Å²) in [7, 11) is 0. The Hall–Kier alpha value is -1.81. The van der Waals surface area contributed by atoms with Crippen LogP contribution in [-0.2, 0) is 14.9 Å². The number of H-pyrrole nitrogens is 1. The molecule has 1 aromatic heterocycles. The zero-order valence-corrected chi connectivity index (χ0v) is 8.56. The van der Waals surface area contributed by atoms with Crippen LogP contribution in [0.25, 0.3) is 10.9 Å². The van der Waals surface area contributed by atoms with Gasteiger partial charge in [0, 0.05) is 11.2 Å². The number of para-hydroxylation sites is 1. The molecule has 0 bridgehead atoms. The van der Waals surface area contributed by atoms with E-state index in [9.17, 15) is 9.90 Å². The third kappa shape index (κ3) is 1.10. The van der Waals surface area contributed by atoms with E-state index in [1.807, 2.05) is 30.3 Å². The minimum absolute atomic E-state index is 0.245. The summed E-state index contributed by atoms with van der Waals surface area (Å²) in [5.41, 5.74) is 0.816. The van der Waals surface area contributed by atoms with Crippen LogP contribution in [0.1, 0.15) is 5.69 Å². The zero-order valence-electron chi connectivity index (χ0n) is 8.56. The van der Waals surface area contributed by atoms with Crippen molar-refractivity contribution in [2.24, 2.45) is 0 Å². The third-order valence-electron chi connectivity index (χ3n) is 3.15. The van der Waals surface area contributed by atoms with Gasteiger partial charge in [-0.3, -0.25) is 4.79 Å². The van der Waals surface area contributed by atoms with E-state index in [1.54, 1.807) is 0 Å². The molecule has 2 heterocycles. The molecule has 1 aromatic carbocycles. The van der Waals surface area contributed by atoms with Crippen molar-refractivity contribution in [1.82, 2.24) is 4.98 Å². The van der Waals surface area contributed by atoms with Crippen molar-refractivity contribution in [2.75, 3.05) is 13.2 Å². The Morgan fingerprint density at radius 2 is 2.12 bits per heavy atom. The van der Waals surface area contributed by atoms with Gasteiger partial charge in [0.05, 0.1) is 13.2 Å². The van der Waals surface area contributed by atoms with Gasteiger partial charge in [-0.15, -0.1) is 0 Å². The molecule has 1 aliphatic rings. The van der Waals surface area contributed by atoms with Gasteiger partial charge < -0.3 is 14.8 Å². The van der Waals surface area contributed by atoms with Crippen LogP contribution in [0.5, 0.6) is 0 Å². The molecule has 2 N–H and O–H groups in total. The predicted molar refractivity (Wildman–Crippen MR) is 58.4 cm³/mol. The molecule has 0 atom stereocenters. The lowest BCUT2D eigenvalue weighted by molar-refractivity contribution is -0.163. The van der Waals surface area contributed by atoms with E-state index >= 15 is 0 Å². The number of carbonyl (C=O) groups is 1. The smallest absolute Gasteiger partial charge is 0.320 e. The number of aromatic nitrogens is 1. The number of benzene rings is 1. The normalized spacial score (nSPS) is 18.2. The van der Waals surface area contributed by atoms with Gasteiger partial charge in [0.1, 0.15) is 0 Å². The third-order valence-corrected chi connectivity index (χ3v) is 3.15.